The van der Waals surface area contributed by atoms with Gasteiger partial charge in [-0.25, -0.2) is 13.2 Å². The minimum absolute atomic E-state index is 0.0453. The quantitative estimate of drug-likeness (QED) is 0.718. The van der Waals surface area contributed by atoms with Gasteiger partial charge in [0, 0.05) is 13.1 Å². The van der Waals surface area contributed by atoms with Crippen LogP contribution in [0.5, 0.6) is 0 Å². The molecule has 1 rings (SSSR count). The molecule has 0 amide bonds. The fourth-order valence-electron chi connectivity index (χ4n) is 1.27. The summed E-state index contributed by atoms with van der Waals surface area (Å²) in [6.45, 7) is 3.13. The van der Waals surface area contributed by atoms with E-state index in [2.05, 4.69) is 6.58 Å². The van der Waals surface area contributed by atoms with E-state index >= 15 is 0 Å². The Labute approximate surface area is 109 Å². The van der Waals surface area contributed by atoms with Crippen LogP contribution < -0.4 is 0 Å². The molecule has 1 aromatic heterocycles. The molecule has 6 nitrogen and oxygen atoms in total. The van der Waals surface area contributed by atoms with Crippen LogP contribution in [0.1, 0.15) is 9.67 Å². The van der Waals surface area contributed by atoms with Crippen molar-refractivity contribution in [3.05, 3.63) is 29.7 Å². The average Bonchev–Trinajstić information content (AvgIpc) is 2.78. The first-order valence-electron chi connectivity index (χ1n) is 4.98. The highest BCUT2D eigenvalue weighted by Gasteiger charge is 2.25. The second-order valence-electron chi connectivity index (χ2n) is 3.30. The van der Waals surface area contributed by atoms with Crippen molar-refractivity contribution in [1.82, 2.24) is 4.31 Å². The minimum atomic E-state index is -3.78. The van der Waals surface area contributed by atoms with E-state index in [1.165, 1.54) is 18.2 Å². The third-order valence-corrected chi connectivity index (χ3v) is 5.47. The molecule has 0 atom stereocenters. The Balaban J connectivity index is 3.09. The number of hydrogen-bond donors (Lipinski definition) is 2. The molecule has 0 bridgehead atoms. The zero-order valence-corrected chi connectivity index (χ0v) is 11.1. The van der Waals surface area contributed by atoms with Crippen LogP contribution in [0.4, 0.5) is 0 Å². The van der Waals surface area contributed by atoms with E-state index in [-0.39, 0.29) is 28.8 Å². The molecule has 0 unspecified atom stereocenters. The largest absolute Gasteiger partial charge is 0.477 e. The molecule has 0 radical (unpaired) electrons. The van der Waals surface area contributed by atoms with Gasteiger partial charge in [-0.1, -0.05) is 6.08 Å². The predicted molar refractivity (Wildman–Crippen MR) is 67.3 cm³/mol. The van der Waals surface area contributed by atoms with Gasteiger partial charge in [0.15, 0.2) is 0 Å². The van der Waals surface area contributed by atoms with Crippen LogP contribution in [-0.2, 0) is 10.0 Å². The van der Waals surface area contributed by atoms with Gasteiger partial charge in [-0.2, -0.15) is 4.31 Å². The highest BCUT2D eigenvalue weighted by atomic mass is 32.2. The lowest BCUT2D eigenvalue weighted by Gasteiger charge is -2.18. The van der Waals surface area contributed by atoms with E-state index in [1.807, 2.05) is 0 Å². The van der Waals surface area contributed by atoms with Crippen LogP contribution in [0.3, 0.4) is 0 Å². The van der Waals surface area contributed by atoms with Crippen molar-refractivity contribution in [2.75, 3.05) is 19.7 Å². The summed E-state index contributed by atoms with van der Waals surface area (Å²) in [5.41, 5.74) is 0. The van der Waals surface area contributed by atoms with Crippen LogP contribution in [-0.4, -0.2) is 48.6 Å². The first-order valence-corrected chi connectivity index (χ1v) is 7.24. The van der Waals surface area contributed by atoms with Crippen molar-refractivity contribution in [3.63, 3.8) is 0 Å². The molecule has 0 aliphatic heterocycles. The Morgan fingerprint density at radius 3 is 2.61 bits per heavy atom. The number of aliphatic hydroxyl groups is 1. The molecule has 1 aromatic rings. The number of thiophene rings is 1. The van der Waals surface area contributed by atoms with Gasteiger partial charge < -0.3 is 10.2 Å². The van der Waals surface area contributed by atoms with E-state index in [0.717, 1.165) is 4.31 Å². The molecule has 100 valence electrons. The Kier molecular flexibility index (Phi) is 5.03. The van der Waals surface area contributed by atoms with E-state index in [1.54, 1.807) is 0 Å². The predicted octanol–water partition coefficient (Wildman–Crippen LogP) is 0.615. The van der Waals surface area contributed by atoms with E-state index in [4.69, 9.17) is 10.2 Å². The molecule has 0 saturated heterocycles. The molecule has 2 N–H and O–H groups in total. The Morgan fingerprint density at radius 1 is 1.50 bits per heavy atom. The smallest absolute Gasteiger partial charge is 0.345 e. The second kappa shape index (κ2) is 6.10. The number of nitrogens with zero attached hydrogens (tertiary/aromatic N) is 1. The molecule has 0 spiro atoms. The number of carbonyl (C=O) groups is 1. The van der Waals surface area contributed by atoms with Gasteiger partial charge in [0.25, 0.3) is 10.0 Å². The fourth-order valence-corrected chi connectivity index (χ4v) is 3.97. The number of carboxylic acid groups (broad SMARTS) is 1. The topological polar surface area (TPSA) is 94.9 Å². The number of aromatic carboxylic acids is 1. The number of hydrogen-bond acceptors (Lipinski definition) is 5. The van der Waals surface area contributed by atoms with Gasteiger partial charge in [-0.15, -0.1) is 17.9 Å². The summed E-state index contributed by atoms with van der Waals surface area (Å²) >= 11 is 0.683. The van der Waals surface area contributed by atoms with Crippen LogP contribution in [0.15, 0.2) is 29.0 Å². The second-order valence-corrected chi connectivity index (χ2v) is 6.55. The normalized spacial score (nSPS) is 11.7. The lowest BCUT2D eigenvalue weighted by atomic mass is 10.5. The molecule has 18 heavy (non-hydrogen) atoms. The molecule has 0 fully saturated rings. The van der Waals surface area contributed by atoms with Crippen molar-refractivity contribution in [2.45, 2.75) is 4.21 Å². The first-order chi connectivity index (χ1) is 8.43. The third-order valence-electron chi connectivity index (χ3n) is 2.07. The zero-order chi connectivity index (χ0) is 13.8. The van der Waals surface area contributed by atoms with Crippen LogP contribution in [0, 0.1) is 0 Å². The highest BCUT2D eigenvalue weighted by Crippen LogP contribution is 2.24. The van der Waals surface area contributed by atoms with Gasteiger partial charge in [0.1, 0.15) is 9.09 Å². The summed E-state index contributed by atoms with van der Waals surface area (Å²) in [7, 11) is -3.78. The van der Waals surface area contributed by atoms with Crippen molar-refractivity contribution in [1.29, 1.82) is 0 Å². The maximum absolute atomic E-state index is 12.1. The summed E-state index contributed by atoms with van der Waals surface area (Å²) in [4.78, 5) is 10.7. The van der Waals surface area contributed by atoms with Crippen molar-refractivity contribution >= 4 is 27.3 Å². The molecular weight excluding hydrogens is 278 g/mol. The SMILES string of the molecule is C=CCN(CCO)S(=O)(=O)c1ccc(C(=O)O)s1. The third kappa shape index (κ3) is 3.16. The summed E-state index contributed by atoms with van der Waals surface area (Å²) in [6, 6.07) is 2.49. The molecule has 0 saturated carbocycles. The number of aliphatic hydroxyl groups excluding tert-OH is 1. The zero-order valence-electron chi connectivity index (χ0n) is 9.44. The minimum Gasteiger partial charge on any atom is -0.477 e. The first kappa shape index (κ1) is 14.8. The fraction of sp³-hybridized carbons (Fsp3) is 0.300. The van der Waals surface area contributed by atoms with Gasteiger partial charge in [0.05, 0.1) is 6.61 Å². The van der Waals surface area contributed by atoms with Gasteiger partial charge >= 0.3 is 5.97 Å². The average molecular weight is 291 g/mol. The lowest BCUT2D eigenvalue weighted by Crippen LogP contribution is -2.33. The molecular formula is C10H13NO5S2. The summed E-state index contributed by atoms with van der Waals surface area (Å²) in [6.07, 6.45) is 1.40. The van der Waals surface area contributed by atoms with Gasteiger partial charge in [-0.3, -0.25) is 0 Å². The summed E-state index contributed by atoms with van der Waals surface area (Å²) in [5, 5.41) is 17.6. The van der Waals surface area contributed by atoms with Crippen molar-refractivity contribution in [2.24, 2.45) is 0 Å². The van der Waals surface area contributed by atoms with Crippen molar-refractivity contribution in [3.8, 4) is 0 Å². The maximum atomic E-state index is 12.1. The highest BCUT2D eigenvalue weighted by molar-refractivity contribution is 7.91. The molecule has 8 heteroatoms. The Morgan fingerprint density at radius 2 is 2.17 bits per heavy atom. The van der Waals surface area contributed by atoms with Gasteiger partial charge in [0.2, 0.25) is 0 Å². The van der Waals surface area contributed by atoms with E-state index in [0.29, 0.717) is 11.3 Å². The van der Waals surface area contributed by atoms with E-state index in [9.17, 15) is 13.2 Å². The van der Waals surface area contributed by atoms with Gasteiger partial charge in [-0.05, 0) is 12.1 Å². The summed E-state index contributed by atoms with van der Waals surface area (Å²) < 4.78 is 25.2. The Hall–Kier alpha value is -1.22. The maximum Gasteiger partial charge on any atom is 0.345 e. The Bertz CT molecular complexity index is 534. The van der Waals surface area contributed by atoms with Crippen molar-refractivity contribution < 1.29 is 23.4 Å². The molecule has 0 aromatic carbocycles. The van der Waals surface area contributed by atoms with Crippen LogP contribution in [0.25, 0.3) is 0 Å². The molecule has 0 aliphatic carbocycles. The molecule has 0 aliphatic rings. The number of rotatable bonds is 7. The summed E-state index contributed by atoms with van der Waals surface area (Å²) in [5.74, 6) is -1.17. The van der Waals surface area contributed by atoms with Crippen LogP contribution in [0.2, 0.25) is 0 Å². The number of carboxylic acids is 1. The number of sulfonamides is 1. The standard InChI is InChI=1S/C10H13NO5S2/c1-2-5-11(6-7-12)18(15,16)9-4-3-8(17-9)10(13)14/h2-4,12H,1,5-7H2,(H,13,14). The van der Waals surface area contributed by atoms with E-state index < -0.39 is 16.0 Å². The lowest BCUT2D eigenvalue weighted by molar-refractivity contribution is 0.0702. The van der Waals surface area contributed by atoms with Crippen LogP contribution >= 0.6 is 11.3 Å². The molecule has 1 heterocycles. The monoisotopic (exact) mass is 291 g/mol.